The molecule has 0 radical (unpaired) electrons. The maximum Gasteiger partial charge on any atom is 0.0538 e. The molecule has 1 heterocycles. The van der Waals surface area contributed by atoms with Crippen LogP contribution in [0.25, 0.3) is 0 Å². The average molecular weight is 278 g/mol. The highest BCUT2D eigenvalue weighted by Crippen LogP contribution is 2.29. The van der Waals surface area contributed by atoms with E-state index in [-0.39, 0.29) is 0 Å². The second kappa shape index (κ2) is 6.72. The molecular formula is C16H30N4. The fraction of sp³-hybridized carbons (Fsp3) is 0.812. The zero-order valence-corrected chi connectivity index (χ0v) is 13.6. The minimum atomic E-state index is 0.398. The predicted molar refractivity (Wildman–Crippen MR) is 83.6 cm³/mol. The second-order valence-corrected chi connectivity index (χ2v) is 6.84. The van der Waals surface area contributed by atoms with E-state index in [1.165, 1.54) is 24.8 Å². The number of aromatic nitrogens is 2. The molecule has 1 aromatic heterocycles. The Morgan fingerprint density at radius 3 is 2.70 bits per heavy atom. The molecule has 1 N–H and O–H groups in total. The van der Waals surface area contributed by atoms with Gasteiger partial charge in [-0.05, 0) is 45.2 Å². The minimum Gasteiger partial charge on any atom is -0.312 e. The Hall–Kier alpha value is -0.870. The zero-order valence-electron chi connectivity index (χ0n) is 13.6. The molecule has 0 bridgehead atoms. The molecule has 1 aliphatic carbocycles. The third kappa shape index (κ3) is 3.83. The molecule has 4 heteroatoms. The predicted octanol–water partition coefficient (Wildman–Crippen LogP) is 2.44. The van der Waals surface area contributed by atoms with E-state index in [9.17, 15) is 0 Å². The lowest BCUT2D eigenvalue weighted by atomic mass is 9.80. The maximum atomic E-state index is 4.30. The van der Waals surface area contributed by atoms with Crippen LogP contribution in [0.15, 0.2) is 12.4 Å². The Morgan fingerprint density at radius 2 is 2.15 bits per heavy atom. The summed E-state index contributed by atoms with van der Waals surface area (Å²) in [5.74, 6) is 1.68. The SMILES string of the molecule is C[C@@H]1CC[C@H](NC[C@@H](c2cnn(C)c2)N(C)C)[C@@H](C)C1. The Labute approximate surface area is 123 Å². The lowest BCUT2D eigenvalue weighted by Gasteiger charge is -2.35. The average Bonchev–Trinajstić information content (AvgIpc) is 2.78. The van der Waals surface area contributed by atoms with E-state index in [0.717, 1.165) is 18.4 Å². The number of nitrogens with zero attached hydrogens (tertiary/aromatic N) is 3. The molecule has 4 atom stereocenters. The van der Waals surface area contributed by atoms with Crippen molar-refractivity contribution in [3.05, 3.63) is 18.0 Å². The summed E-state index contributed by atoms with van der Waals surface area (Å²) in [6, 6.07) is 1.07. The van der Waals surface area contributed by atoms with E-state index in [0.29, 0.717) is 12.1 Å². The number of nitrogens with one attached hydrogen (secondary N) is 1. The molecule has 0 aromatic carbocycles. The van der Waals surface area contributed by atoms with Gasteiger partial charge < -0.3 is 10.2 Å². The molecule has 0 unspecified atom stereocenters. The molecule has 114 valence electrons. The van der Waals surface area contributed by atoms with Crippen LogP contribution in [-0.4, -0.2) is 41.4 Å². The standard InChI is InChI=1S/C16H30N4/c1-12-6-7-15(13(2)8-12)17-10-16(19(3)4)14-9-18-20(5)11-14/h9,11-13,15-17H,6-8,10H2,1-5H3/t12-,13+,15+,16+/m1/s1. The summed E-state index contributed by atoms with van der Waals surface area (Å²) in [6.07, 6.45) is 8.14. The molecule has 0 saturated heterocycles. The topological polar surface area (TPSA) is 33.1 Å². The molecule has 20 heavy (non-hydrogen) atoms. The van der Waals surface area contributed by atoms with Crippen molar-refractivity contribution in [2.24, 2.45) is 18.9 Å². The van der Waals surface area contributed by atoms with Crippen LogP contribution in [-0.2, 0) is 7.05 Å². The minimum absolute atomic E-state index is 0.398. The quantitative estimate of drug-likeness (QED) is 0.898. The largest absolute Gasteiger partial charge is 0.312 e. The van der Waals surface area contributed by atoms with Crippen LogP contribution in [0.3, 0.4) is 0 Å². The second-order valence-electron chi connectivity index (χ2n) is 6.84. The number of hydrogen-bond donors (Lipinski definition) is 1. The molecule has 0 spiro atoms. The number of hydrogen-bond acceptors (Lipinski definition) is 3. The number of aryl methyl sites for hydroxylation is 1. The van der Waals surface area contributed by atoms with Crippen LogP contribution >= 0.6 is 0 Å². The van der Waals surface area contributed by atoms with Gasteiger partial charge in [0.1, 0.15) is 0 Å². The molecular weight excluding hydrogens is 248 g/mol. The zero-order chi connectivity index (χ0) is 14.7. The molecule has 4 nitrogen and oxygen atoms in total. The van der Waals surface area contributed by atoms with Gasteiger partial charge in [-0.1, -0.05) is 13.8 Å². The summed E-state index contributed by atoms with van der Waals surface area (Å²) >= 11 is 0. The van der Waals surface area contributed by atoms with Crippen molar-refractivity contribution < 1.29 is 0 Å². The molecule has 1 aromatic rings. The molecule has 0 aliphatic heterocycles. The van der Waals surface area contributed by atoms with E-state index < -0.39 is 0 Å². The lowest BCUT2D eigenvalue weighted by Crippen LogP contribution is -2.42. The molecule has 1 aliphatic rings. The van der Waals surface area contributed by atoms with Crippen molar-refractivity contribution >= 4 is 0 Å². The highest BCUT2D eigenvalue weighted by atomic mass is 15.2. The van der Waals surface area contributed by atoms with Gasteiger partial charge >= 0.3 is 0 Å². The van der Waals surface area contributed by atoms with Crippen molar-refractivity contribution in [2.75, 3.05) is 20.6 Å². The van der Waals surface area contributed by atoms with Crippen molar-refractivity contribution in [1.82, 2.24) is 20.0 Å². The van der Waals surface area contributed by atoms with Crippen LogP contribution in [0.5, 0.6) is 0 Å². The Kier molecular flexibility index (Phi) is 5.22. The first-order chi connectivity index (χ1) is 9.47. The smallest absolute Gasteiger partial charge is 0.0538 e. The van der Waals surface area contributed by atoms with Gasteiger partial charge in [0.05, 0.1) is 6.20 Å². The van der Waals surface area contributed by atoms with E-state index >= 15 is 0 Å². The third-order valence-corrected chi connectivity index (χ3v) is 4.74. The van der Waals surface area contributed by atoms with Crippen LogP contribution in [0.2, 0.25) is 0 Å². The van der Waals surface area contributed by atoms with Gasteiger partial charge in [0.2, 0.25) is 0 Å². The van der Waals surface area contributed by atoms with Crippen LogP contribution in [0, 0.1) is 11.8 Å². The van der Waals surface area contributed by atoms with Gasteiger partial charge in [-0.15, -0.1) is 0 Å². The van der Waals surface area contributed by atoms with Crippen molar-refractivity contribution in [1.29, 1.82) is 0 Å². The van der Waals surface area contributed by atoms with Crippen LogP contribution in [0.1, 0.15) is 44.7 Å². The summed E-state index contributed by atoms with van der Waals surface area (Å²) in [5, 5.41) is 8.10. The van der Waals surface area contributed by atoms with Crippen molar-refractivity contribution in [3.8, 4) is 0 Å². The van der Waals surface area contributed by atoms with E-state index in [1.807, 2.05) is 17.9 Å². The summed E-state index contributed by atoms with van der Waals surface area (Å²) in [7, 11) is 6.27. The van der Waals surface area contributed by atoms with Gasteiger partial charge in [0.25, 0.3) is 0 Å². The summed E-state index contributed by atoms with van der Waals surface area (Å²) in [6.45, 7) is 5.77. The van der Waals surface area contributed by atoms with Gasteiger partial charge in [-0.3, -0.25) is 4.68 Å². The summed E-state index contributed by atoms with van der Waals surface area (Å²) < 4.78 is 1.89. The normalized spacial score (nSPS) is 28.8. The summed E-state index contributed by atoms with van der Waals surface area (Å²) in [5.41, 5.74) is 1.29. The highest BCUT2D eigenvalue weighted by Gasteiger charge is 2.26. The van der Waals surface area contributed by atoms with Gasteiger partial charge in [-0.2, -0.15) is 5.10 Å². The first-order valence-electron chi connectivity index (χ1n) is 7.85. The number of likely N-dealkylation sites (N-methyl/N-ethyl adjacent to an activating group) is 1. The van der Waals surface area contributed by atoms with Crippen LogP contribution < -0.4 is 5.32 Å². The van der Waals surface area contributed by atoms with E-state index in [2.05, 4.69) is 49.5 Å². The number of rotatable bonds is 5. The Bertz CT molecular complexity index is 412. The molecule has 1 fully saturated rings. The van der Waals surface area contributed by atoms with E-state index in [1.54, 1.807) is 0 Å². The Balaban J connectivity index is 1.93. The molecule has 1 saturated carbocycles. The fourth-order valence-corrected chi connectivity index (χ4v) is 3.44. The monoisotopic (exact) mass is 278 g/mol. The van der Waals surface area contributed by atoms with Crippen molar-refractivity contribution in [2.45, 2.75) is 45.2 Å². The van der Waals surface area contributed by atoms with Gasteiger partial charge in [0, 0.05) is 37.4 Å². The molecule has 2 rings (SSSR count). The highest BCUT2D eigenvalue weighted by molar-refractivity contribution is 5.11. The first kappa shape index (κ1) is 15.5. The van der Waals surface area contributed by atoms with Crippen LogP contribution in [0.4, 0.5) is 0 Å². The lowest BCUT2D eigenvalue weighted by molar-refractivity contribution is 0.205. The van der Waals surface area contributed by atoms with E-state index in [4.69, 9.17) is 0 Å². The fourth-order valence-electron chi connectivity index (χ4n) is 3.44. The van der Waals surface area contributed by atoms with Crippen molar-refractivity contribution in [3.63, 3.8) is 0 Å². The Morgan fingerprint density at radius 1 is 1.40 bits per heavy atom. The maximum absolute atomic E-state index is 4.30. The first-order valence-corrected chi connectivity index (χ1v) is 7.85. The third-order valence-electron chi connectivity index (χ3n) is 4.74. The molecule has 0 amide bonds. The summed E-state index contributed by atoms with van der Waals surface area (Å²) in [4.78, 5) is 2.28. The van der Waals surface area contributed by atoms with Gasteiger partial charge in [-0.25, -0.2) is 0 Å². The van der Waals surface area contributed by atoms with Gasteiger partial charge in [0.15, 0.2) is 0 Å².